The van der Waals surface area contributed by atoms with Crippen LogP contribution in [0.4, 0.5) is 4.39 Å². The number of rotatable bonds is 9. The second kappa shape index (κ2) is 11.4. The van der Waals surface area contributed by atoms with Crippen LogP contribution in [0.2, 0.25) is 0 Å². The number of likely N-dealkylation sites (tertiary alicyclic amines) is 1. The van der Waals surface area contributed by atoms with Gasteiger partial charge in [-0.05, 0) is 93.3 Å². The number of nitrogens with zero attached hydrogens (tertiary/aromatic N) is 6. The molecule has 0 aliphatic carbocycles. The van der Waals surface area contributed by atoms with Gasteiger partial charge in [0.2, 0.25) is 0 Å². The predicted molar refractivity (Wildman–Crippen MR) is 162 cm³/mol. The molecule has 1 aliphatic heterocycles. The fraction of sp³-hybridized carbons (Fsp3) is 0.281. The number of fused-ring (bicyclic) bond motifs is 2. The monoisotopic (exact) mass is 561 g/mol. The Kier molecular flexibility index (Phi) is 7.15. The summed E-state index contributed by atoms with van der Waals surface area (Å²) in [4.78, 5) is 24.4. The van der Waals surface area contributed by atoms with E-state index in [1.54, 1.807) is 30.7 Å². The Labute approximate surface area is 242 Å². The van der Waals surface area contributed by atoms with Crippen LogP contribution < -0.4 is 5.32 Å². The van der Waals surface area contributed by atoms with Gasteiger partial charge in [-0.2, -0.15) is 5.10 Å². The molecule has 6 heterocycles. The van der Waals surface area contributed by atoms with Gasteiger partial charge in [-0.25, -0.2) is 9.37 Å². The molecule has 9 nitrogen and oxygen atoms in total. The number of hydrogen-bond donors (Lipinski definition) is 3. The van der Waals surface area contributed by atoms with Crippen LogP contribution in [0.5, 0.6) is 0 Å². The number of H-pyrrole nitrogens is 2. The summed E-state index contributed by atoms with van der Waals surface area (Å²) < 4.78 is 14.6. The van der Waals surface area contributed by atoms with E-state index in [4.69, 9.17) is 9.97 Å². The van der Waals surface area contributed by atoms with Crippen LogP contribution in [0.15, 0.2) is 61.3 Å². The number of aromatic amines is 2. The zero-order valence-electron chi connectivity index (χ0n) is 23.5. The summed E-state index contributed by atoms with van der Waals surface area (Å²) >= 11 is 0. The van der Waals surface area contributed by atoms with Gasteiger partial charge < -0.3 is 10.3 Å². The largest absolute Gasteiger partial charge is 0.335 e. The lowest BCUT2D eigenvalue weighted by Crippen LogP contribution is -2.18. The minimum atomic E-state index is -0.267. The molecular formula is C32H32FN9. The highest BCUT2D eigenvalue weighted by molar-refractivity contribution is 5.97. The standard InChI is InChI=1S/C32H32FN9/c1-34-6-4-5-20-9-22(12-24(33)11-20)26-16-36-17-29-30(26)39-32(38-29)31-25-13-27(37-18-28(25)40-41-31)23-10-21(14-35-15-23)19-42-7-2-3-8-42/h9-18,34H,2-8,19H2,1H3,(H,38,39)(H,40,41). The second-order valence-electron chi connectivity index (χ2n) is 11.0. The molecule has 1 saturated heterocycles. The van der Waals surface area contributed by atoms with Crippen molar-refractivity contribution in [2.24, 2.45) is 0 Å². The first-order valence-electron chi connectivity index (χ1n) is 14.4. The van der Waals surface area contributed by atoms with Crippen LogP contribution in [0.3, 0.4) is 0 Å². The van der Waals surface area contributed by atoms with Crippen molar-refractivity contribution < 1.29 is 4.39 Å². The van der Waals surface area contributed by atoms with E-state index in [0.29, 0.717) is 11.5 Å². The molecule has 10 heteroatoms. The van der Waals surface area contributed by atoms with Crippen molar-refractivity contribution in [3.8, 4) is 33.9 Å². The molecular weight excluding hydrogens is 529 g/mol. The smallest absolute Gasteiger partial charge is 0.159 e. The molecule has 0 spiro atoms. The first kappa shape index (κ1) is 26.4. The first-order valence-corrected chi connectivity index (χ1v) is 14.4. The fourth-order valence-corrected chi connectivity index (χ4v) is 5.84. The highest BCUT2D eigenvalue weighted by Gasteiger charge is 2.18. The van der Waals surface area contributed by atoms with E-state index in [1.807, 2.05) is 31.6 Å². The molecule has 0 amide bonds. The molecule has 3 N–H and O–H groups in total. The molecule has 0 unspecified atom stereocenters. The third-order valence-electron chi connectivity index (χ3n) is 7.92. The third kappa shape index (κ3) is 5.26. The van der Waals surface area contributed by atoms with Gasteiger partial charge >= 0.3 is 0 Å². The zero-order chi connectivity index (χ0) is 28.5. The number of nitrogens with one attached hydrogen (secondary N) is 3. The van der Waals surface area contributed by atoms with Gasteiger partial charge in [0.15, 0.2) is 5.82 Å². The van der Waals surface area contributed by atoms with E-state index in [0.717, 1.165) is 88.9 Å². The average Bonchev–Trinajstić information content (AvgIpc) is 3.76. The maximum absolute atomic E-state index is 14.6. The molecule has 42 heavy (non-hydrogen) atoms. The Hall–Kier alpha value is -4.54. The second-order valence-corrected chi connectivity index (χ2v) is 11.0. The van der Waals surface area contributed by atoms with Crippen molar-refractivity contribution in [3.63, 3.8) is 0 Å². The van der Waals surface area contributed by atoms with Crippen molar-refractivity contribution in [3.05, 3.63) is 78.3 Å². The van der Waals surface area contributed by atoms with Crippen LogP contribution in [0, 0.1) is 5.82 Å². The van der Waals surface area contributed by atoms with Crippen molar-refractivity contribution >= 4 is 21.9 Å². The summed E-state index contributed by atoms with van der Waals surface area (Å²) in [5.41, 5.74) is 8.42. The summed E-state index contributed by atoms with van der Waals surface area (Å²) in [7, 11) is 1.92. The summed E-state index contributed by atoms with van der Waals surface area (Å²) in [6.45, 7) is 4.05. The molecule has 7 rings (SSSR count). The average molecular weight is 562 g/mol. The van der Waals surface area contributed by atoms with E-state index in [2.05, 4.69) is 41.4 Å². The zero-order valence-corrected chi connectivity index (χ0v) is 23.5. The van der Waals surface area contributed by atoms with E-state index in [1.165, 1.54) is 18.4 Å². The summed E-state index contributed by atoms with van der Waals surface area (Å²) in [5.74, 6) is 0.339. The van der Waals surface area contributed by atoms with Gasteiger partial charge in [0.25, 0.3) is 0 Å². The third-order valence-corrected chi connectivity index (χ3v) is 7.92. The molecule has 5 aromatic heterocycles. The van der Waals surface area contributed by atoms with Crippen LogP contribution in [-0.4, -0.2) is 66.7 Å². The van der Waals surface area contributed by atoms with Crippen molar-refractivity contribution in [1.29, 1.82) is 0 Å². The molecule has 0 saturated carbocycles. The van der Waals surface area contributed by atoms with E-state index in [9.17, 15) is 4.39 Å². The molecule has 0 bridgehead atoms. The van der Waals surface area contributed by atoms with Crippen LogP contribution in [0.25, 0.3) is 55.8 Å². The Morgan fingerprint density at radius 3 is 2.64 bits per heavy atom. The minimum absolute atomic E-state index is 0.267. The number of aromatic nitrogens is 7. The quantitative estimate of drug-likeness (QED) is 0.200. The fourth-order valence-electron chi connectivity index (χ4n) is 5.84. The molecule has 1 aliphatic rings. The van der Waals surface area contributed by atoms with Crippen LogP contribution in [-0.2, 0) is 13.0 Å². The molecule has 0 atom stereocenters. The maximum Gasteiger partial charge on any atom is 0.159 e. The SMILES string of the molecule is CNCCCc1cc(F)cc(-c2cncc3[nH]c(-c4n[nH]c5cnc(-c6cncc(CN7CCCC7)c6)cc45)nc23)c1. The topological polar surface area (TPSA) is 111 Å². The van der Waals surface area contributed by atoms with Crippen molar-refractivity contribution in [1.82, 2.24) is 45.3 Å². The molecule has 1 aromatic carbocycles. The highest BCUT2D eigenvalue weighted by Crippen LogP contribution is 2.33. The Morgan fingerprint density at radius 1 is 0.905 bits per heavy atom. The number of benzene rings is 1. The van der Waals surface area contributed by atoms with E-state index < -0.39 is 0 Å². The lowest BCUT2D eigenvalue weighted by atomic mass is 10.0. The molecule has 1 fully saturated rings. The lowest BCUT2D eigenvalue weighted by molar-refractivity contribution is 0.331. The molecule has 6 aromatic rings. The van der Waals surface area contributed by atoms with Gasteiger partial charge in [-0.15, -0.1) is 0 Å². The number of halogens is 1. The minimum Gasteiger partial charge on any atom is -0.335 e. The van der Waals surface area contributed by atoms with Gasteiger partial charge in [0, 0.05) is 41.6 Å². The van der Waals surface area contributed by atoms with Gasteiger partial charge in [-0.3, -0.25) is 25.0 Å². The van der Waals surface area contributed by atoms with Crippen LogP contribution >= 0.6 is 0 Å². The molecule has 0 radical (unpaired) electrons. The highest BCUT2D eigenvalue weighted by atomic mass is 19.1. The normalized spacial score (nSPS) is 14.0. The number of imidazole rings is 1. The first-order chi connectivity index (χ1) is 20.6. The van der Waals surface area contributed by atoms with Crippen molar-refractivity contribution in [2.75, 3.05) is 26.7 Å². The van der Waals surface area contributed by atoms with E-state index in [-0.39, 0.29) is 5.82 Å². The Bertz CT molecular complexity index is 1870. The lowest BCUT2D eigenvalue weighted by Gasteiger charge is -2.14. The summed E-state index contributed by atoms with van der Waals surface area (Å²) in [5, 5.41) is 11.7. The Balaban J connectivity index is 1.24. The number of aryl methyl sites for hydroxylation is 1. The predicted octanol–water partition coefficient (Wildman–Crippen LogP) is 5.51. The Morgan fingerprint density at radius 2 is 1.76 bits per heavy atom. The number of pyridine rings is 3. The maximum atomic E-state index is 14.6. The van der Waals surface area contributed by atoms with Gasteiger partial charge in [0.1, 0.15) is 11.5 Å². The van der Waals surface area contributed by atoms with Crippen molar-refractivity contribution in [2.45, 2.75) is 32.2 Å². The summed E-state index contributed by atoms with van der Waals surface area (Å²) in [6.07, 6.45) is 13.3. The number of hydrogen-bond acceptors (Lipinski definition) is 7. The van der Waals surface area contributed by atoms with Crippen LogP contribution in [0.1, 0.15) is 30.4 Å². The van der Waals surface area contributed by atoms with E-state index >= 15 is 0 Å². The van der Waals surface area contributed by atoms with Gasteiger partial charge in [0.05, 0.1) is 34.6 Å². The summed E-state index contributed by atoms with van der Waals surface area (Å²) in [6, 6.07) is 9.37. The molecule has 212 valence electrons. The van der Waals surface area contributed by atoms with Gasteiger partial charge in [-0.1, -0.05) is 6.07 Å².